The van der Waals surface area contributed by atoms with Crippen LogP contribution in [0.3, 0.4) is 0 Å². The summed E-state index contributed by atoms with van der Waals surface area (Å²) in [5.41, 5.74) is 1.03. The van der Waals surface area contributed by atoms with Crippen molar-refractivity contribution < 1.29 is 0 Å². The average molecular weight is 340 g/mol. The van der Waals surface area contributed by atoms with Gasteiger partial charge < -0.3 is 10.6 Å². The predicted octanol–water partition coefficient (Wildman–Crippen LogP) is 3.26. The van der Waals surface area contributed by atoms with Gasteiger partial charge in [-0.05, 0) is 47.7 Å². The van der Waals surface area contributed by atoms with Crippen molar-refractivity contribution in [1.82, 2.24) is 9.97 Å². The van der Waals surface area contributed by atoms with Crippen molar-refractivity contribution in [3.05, 3.63) is 40.2 Å². The fourth-order valence-electron chi connectivity index (χ4n) is 1.42. The average Bonchev–Trinajstić information content (AvgIpc) is 2.30. The van der Waals surface area contributed by atoms with Gasteiger partial charge in [0.05, 0.1) is 0 Å². The largest absolute Gasteiger partial charge is 0.370 e. The first-order valence-corrected chi connectivity index (χ1v) is 6.44. The van der Waals surface area contributed by atoms with Gasteiger partial charge in [0.15, 0.2) is 0 Å². The molecule has 0 bridgehead atoms. The third-order valence-corrected chi connectivity index (χ3v) is 2.79. The molecule has 0 unspecified atom stereocenters. The molecular weight excluding hydrogens is 327 g/mol. The van der Waals surface area contributed by atoms with E-state index in [0.29, 0.717) is 0 Å². The van der Waals surface area contributed by atoms with Crippen molar-refractivity contribution in [2.24, 2.45) is 0 Å². The van der Waals surface area contributed by atoms with Crippen molar-refractivity contribution >= 4 is 39.9 Å². The second-order valence-corrected chi connectivity index (χ2v) is 4.70. The Balaban J connectivity index is 2.15. The molecule has 5 heteroatoms. The predicted molar refractivity (Wildman–Crippen MR) is 78.6 cm³/mol. The van der Waals surface area contributed by atoms with Gasteiger partial charge in [0, 0.05) is 21.9 Å². The first-order chi connectivity index (χ1) is 8.28. The van der Waals surface area contributed by atoms with Crippen LogP contribution < -0.4 is 10.6 Å². The molecule has 0 saturated carbocycles. The lowest BCUT2D eigenvalue weighted by Gasteiger charge is -2.07. The van der Waals surface area contributed by atoms with E-state index in [1.165, 1.54) is 3.57 Å². The molecule has 88 valence electrons. The Labute approximate surface area is 114 Å². The SMILES string of the molecule is CCNc1cc(Nc2cccc(I)c2)ncn1. The molecule has 0 fully saturated rings. The van der Waals surface area contributed by atoms with Crippen LogP contribution in [-0.4, -0.2) is 16.5 Å². The lowest BCUT2D eigenvalue weighted by molar-refractivity contribution is 1.11. The molecular formula is C12H13IN4. The summed E-state index contributed by atoms with van der Waals surface area (Å²) in [4.78, 5) is 8.31. The number of halogens is 1. The maximum Gasteiger partial charge on any atom is 0.135 e. The minimum atomic E-state index is 0.790. The summed E-state index contributed by atoms with van der Waals surface area (Å²) in [6.45, 7) is 2.88. The highest BCUT2D eigenvalue weighted by molar-refractivity contribution is 14.1. The summed E-state index contributed by atoms with van der Waals surface area (Å²) in [7, 11) is 0. The summed E-state index contributed by atoms with van der Waals surface area (Å²) in [6, 6.07) is 10.0. The first-order valence-electron chi connectivity index (χ1n) is 5.36. The van der Waals surface area contributed by atoms with Gasteiger partial charge in [-0.1, -0.05) is 6.07 Å². The maximum absolute atomic E-state index is 4.18. The van der Waals surface area contributed by atoms with Crippen LogP contribution in [0.1, 0.15) is 6.92 Å². The molecule has 2 rings (SSSR count). The van der Waals surface area contributed by atoms with Crippen LogP contribution in [0.15, 0.2) is 36.7 Å². The van der Waals surface area contributed by atoms with E-state index in [1.807, 2.05) is 25.1 Å². The molecule has 1 aromatic heterocycles. The Morgan fingerprint density at radius 1 is 1.18 bits per heavy atom. The minimum Gasteiger partial charge on any atom is -0.370 e. The number of nitrogens with zero attached hydrogens (tertiary/aromatic N) is 2. The number of anilines is 3. The van der Waals surface area contributed by atoms with Crippen LogP contribution in [-0.2, 0) is 0 Å². The Hall–Kier alpha value is -1.37. The van der Waals surface area contributed by atoms with E-state index >= 15 is 0 Å². The van der Waals surface area contributed by atoms with Crippen molar-refractivity contribution in [1.29, 1.82) is 0 Å². The lowest BCUT2D eigenvalue weighted by atomic mass is 10.3. The Bertz CT molecular complexity index is 501. The van der Waals surface area contributed by atoms with E-state index < -0.39 is 0 Å². The molecule has 1 aromatic carbocycles. The fraction of sp³-hybridized carbons (Fsp3) is 0.167. The molecule has 4 nitrogen and oxygen atoms in total. The molecule has 2 N–H and O–H groups in total. The van der Waals surface area contributed by atoms with Gasteiger partial charge in [-0.2, -0.15) is 0 Å². The quantitative estimate of drug-likeness (QED) is 0.839. The van der Waals surface area contributed by atoms with E-state index in [4.69, 9.17) is 0 Å². The normalized spacial score (nSPS) is 10.0. The van der Waals surface area contributed by atoms with Gasteiger partial charge in [-0.3, -0.25) is 0 Å². The van der Waals surface area contributed by atoms with Crippen molar-refractivity contribution in [2.45, 2.75) is 6.92 Å². The van der Waals surface area contributed by atoms with Gasteiger partial charge in [0.1, 0.15) is 18.0 Å². The number of hydrogen-bond donors (Lipinski definition) is 2. The molecule has 2 aromatic rings. The maximum atomic E-state index is 4.18. The molecule has 0 amide bonds. The third-order valence-electron chi connectivity index (χ3n) is 2.12. The zero-order valence-corrected chi connectivity index (χ0v) is 11.6. The topological polar surface area (TPSA) is 49.8 Å². The van der Waals surface area contributed by atoms with E-state index in [1.54, 1.807) is 6.33 Å². The number of rotatable bonds is 4. The Morgan fingerprint density at radius 2 is 2.00 bits per heavy atom. The first kappa shape index (κ1) is 12.1. The lowest BCUT2D eigenvalue weighted by Crippen LogP contribution is -2.01. The molecule has 1 heterocycles. The van der Waals surface area contributed by atoms with Crippen LogP contribution in [0.25, 0.3) is 0 Å². The highest BCUT2D eigenvalue weighted by atomic mass is 127. The number of benzene rings is 1. The smallest absolute Gasteiger partial charge is 0.135 e. The molecule has 0 atom stereocenters. The molecule has 17 heavy (non-hydrogen) atoms. The number of nitrogens with one attached hydrogen (secondary N) is 2. The summed E-state index contributed by atoms with van der Waals surface area (Å²) in [6.07, 6.45) is 1.55. The molecule has 0 saturated heterocycles. The van der Waals surface area contributed by atoms with Gasteiger partial charge in [-0.15, -0.1) is 0 Å². The van der Waals surface area contributed by atoms with E-state index in [-0.39, 0.29) is 0 Å². The standard InChI is InChI=1S/C12H13IN4/c1-2-14-11-7-12(16-8-15-11)17-10-5-3-4-9(13)6-10/h3-8H,2H2,1H3,(H2,14,15,16,17). The molecule has 0 aliphatic rings. The second kappa shape index (κ2) is 5.81. The summed E-state index contributed by atoms with van der Waals surface area (Å²) < 4.78 is 1.19. The summed E-state index contributed by atoms with van der Waals surface area (Å²) in [5.74, 6) is 1.62. The highest BCUT2D eigenvalue weighted by Gasteiger charge is 1.99. The molecule has 0 aliphatic carbocycles. The van der Waals surface area contributed by atoms with E-state index in [0.717, 1.165) is 23.9 Å². The van der Waals surface area contributed by atoms with Crippen LogP contribution >= 0.6 is 22.6 Å². The highest BCUT2D eigenvalue weighted by Crippen LogP contribution is 2.18. The summed E-state index contributed by atoms with van der Waals surface area (Å²) >= 11 is 2.28. The third kappa shape index (κ3) is 3.55. The zero-order valence-electron chi connectivity index (χ0n) is 9.44. The monoisotopic (exact) mass is 340 g/mol. The molecule has 0 aliphatic heterocycles. The second-order valence-electron chi connectivity index (χ2n) is 3.45. The van der Waals surface area contributed by atoms with Crippen LogP contribution in [0.2, 0.25) is 0 Å². The minimum absolute atomic E-state index is 0.790. The zero-order chi connectivity index (χ0) is 12.1. The van der Waals surface area contributed by atoms with Gasteiger partial charge in [0.2, 0.25) is 0 Å². The number of hydrogen-bond acceptors (Lipinski definition) is 4. The van der Waals surface area contributed by atoms with Crippen LogP contribution in [0.5, 0.6) is 0 Å². The van der Waals surface area contributed by atoms with Crippen molar-refractivity contribution in [3.8, 4) is 0 Å². The molecule has 0 spiro atoms. The van der Waals surface area contributed by atoms with Gasteiger partial charge in [-0.25, -0.2) is 9.97 Å². The number of aromatic nitrogens is 2. The fourth-order valence-corrected chi connectivity index (χ4v) is 1.96. The van der Waals surface area contributed by atoms with Gasteiger partial charge >= 0.3 is 0 Å². The van der Waals surface area contributed by atoms with Gasteiger partial charge in [0.25, 0.3) is 0 Å². The Morgan fingerprint density at radius 3 is 2.76 bits per heavy atom. The van der Waals surface area contributed by atoms with E-state index in [9.17, 15) is 0 Å². The summed E-state index contributed by atoms with van der Waals surface area (Å²) in [5, 5.41) is 6.40. The van der Waals surface area contributed by atoms with Crippen LogP contribution in [0.4, 0.5) is 17.3 Å². The van der Waals surface area contributed by atoms with E-state index in [2.05, 4.69) is 55.3 Å². The van der Waals surface area contributed by atoms with Crippen molar-refractivity contribution in [3.63, 3.8) is 0 Å². The molecule has 0 radical (unpaired) electrons. The Kier molecular flexibility index (Phi) is 4.13. The van der Waals surface area contributed by atoms with Crippen LogP contribution in [0, 0.1) is 3.57 Å². The van der Waals surface area contributed by atoms with Crippen molar-refractivity contribution in [2.75, 3.05) is 17.2 Å².